The van der Waals surface area contributed by atoms with Crippen LogP contribution in [0.15, 0.2) is 65.2 Å². The van der Waals surface area contributed by atoms with Crippen molar-refractivity contribution < 1.29 is 22.5 Å². The number of ether oxygens (including phenoxy) is 1. The normalized spacial score (nSPS) is 16.9. The van der Waals surface area contributed by atoms with Crippen molar-refractivity contribution in [1.82, 2.24) is 4.90 Å². The molecular formula is C28H35N3O5S3. The maximum atomic E-state index is 13.4. The number of methoxy groups -OCH3 is 1. The van der Waals surface area contributed by atoms with E-state index >= 15 is 0 Å². The molecular weight excluding hydrogens is 555 g/mol. The van der Waals surface area contributed by atoms with Crippen molar-refractivity contribution in [3.8, 4) is 5.75 Å². The Labute approximate surface area is 241 Å². The van der Waals surface area contributed by atoms with Crippen LogP contribution < -0.4 is 14.5 Å². The number of rotatable bonds is 9. The second kappa shape index (κ2) is 14.1. The lowest BCUT2D eigenvalue weighted by Crippen LogP contribution is -2.31. The number of fused-ring (bicyclic) bond motifs is 1. The van der Waals surface area contributed by atoms with Crippen LogP contribution in [-0.2, 0) is 14.9 Å². The molecule has 2 heterocycles. The molecule has 1 saturated heterocycles. The van der Waals surface area contributed by atoms with Crippen molar-refractivity contribution >= 4 is 61.8 Å². The predicted molar refractivity (Wildman–Crippen MR) is 165 cm³/mol. The van der Waals surface area contributed by atoms with Crippen molar-refractivity contribution in [3.63, 3.8) is 0 Å². The number of hydrogen-bond donors (Lipinski definition) is 1. The SMILES string of the molecule is CCN(CC)CC.COc1ccc(N2C(=O)/C(=C3/C=Cc4ccccc4N3CCCS(=O)(=O)O)SC2=S)cc1. The minimum Gasteiger partial charge on any atom is -0.497 e. The van der Waals surface area contributed by atoms with Gasteiger partial charge in [-0.2, -0.15) is 8.42 Å². The van der Waals surface area contributed by atoms with E-state index in [-0.39, 0.29) is 18.1 Å². The number of thiocarbonyl (C=S) groups is 1. The zero-order valence-corrected chi connectivity index (χ0v) is 25.1. The Hall–Kier alpha value is -2.70. The number of carbonyl (C=O) groups excluding carboxylic acids is 1. The van der Waals surface area contributed by atoms with Crippen LogP contribution in [0.5, 0.6) is 5.75 Å². The molecule has 0 unspecified atom stereocenters. The first kappa shape index (κ1) is 30.8. The van der Waals surface area contributed by atoms with Crippen molar-refractivity contribution in [1.29, 1.82) is 0 Å². The van der Waals surface area contributed by atoms with Crippen molar-refractivity contribution in [2.24, 2.45) is 0 Å². The number of anilines is 2. The molecule has 8 nitrogen and oxygen atoms in total. The fourth-order valence-corrected chi connectivity index (χ4v) is 6.10. The van der Waals surface area contributed by atoms with E-state index in [1.165, 1.54) is 36.3 Å². The van der Waals surface area contributed by atoms with Gasteiger partial charge in [-0.15, -0.1) is 0 Å². The topological polar surface area (TPSA) is 90.4 Å². The lowest BCUT2D eigenvalue weighted by Gasteiger charge is -2.31. The molecule has 11 heteroatoms. The summed E-state index contributed by atoms with van der Waals surface area (Å²) in [4.78, 5) is 19.6. The monoisotopic (exact) mass is 589 g/mol. The van der Waals surface area contributed by atoms with E-state index in [9.17, 15) is 13.2 Å². The van der Waals surface area contributed by atoms with Crippen LogP contribution in [-0.4, -0.2) is 67.1 Å². The van der Waals surface area contributed by atoms with Crippen LogP contribution in [0.1, 0.15) is 32.8 Å². The zero-order valence-electron chi connectivity index (χ0n) is 22.7. The average Bonchev–Trinajstić information content (AvgIpc) is 3.22. The summed E-state index contributed by atoms with van der Waals surface area (Å²) in [5, 5.41) is 0. The number of thioether (sulfide) groups is 1. The predicted octanol–water partition coefficient (Wildman–Crippen LogP) is 5.43. The number of allylic oxidation sites excluding steroid dienone is 1. The molecule has 4 rings (SSSR count). The highest BCUT2D eigenvalue weighted by Gasteiger charge is 2.37. The smallest absolute Gasteiger partial charge is 0.272 e. The highest BCUT2D eigenvalue weighted by molar-refractivity contribution is 8.27. The number of benzene rings is 2. The molecule has 39 heavy (non-hydrogen) atoms. The van der Waals surface area contributed by atoms with Crippen molar-refractivity contribution in [2.75, 3.05) is 48.8 Å². The van der Waals surface area contributed by atoms with E-state index in [1.54, 1.807) is 31.4 Å². The summed E-state index contributed by atoms with van der Waals surface area (Å²) in [5.41, 5.74) is 3.10. The van der Waals surface area contributed by atoms with Crippen molar-refractivity contribution in [2.45, 2.75) is 27.2 Å². The van der Waals surface area contributed by atoms with E-state index in [4.69, 9.17) is 21.5 Å². The molecule has 0 bridgehead atoms. The number of nitrogens with zero attached hydrogens (tertiary/aromatic N) is 3. The molecule has 210 valence electrons. The lowest BCUT2D eigenvalue weighted by atomic mass is 10.0. The van der Waals surface area contributed by atoms with E-state index < -0.39 is 10.1 Å². The Morgan fingerprint density at radius 3 is 2.21 bits per heavy atom. The van der Waals surface area contributed by atoms with Crippen LogP contribution in [0.2, 0.25) is 0 Å². The van der Waals surface area contributed by atoms with Gasteiger partial charge in [0.1, 0.15) is 10.7 Å². The van der Waals surface area contributed by atoms with E-state index in [2.05, 4.69) is 25.7 Å². The molecule has 2 aromatic carbocycles. The molecule has 0 aliphatic carbocycles. The Balaban J connectivity index is 0.000000532. The van der Waals surface area contributed by atoms with Gasteiger partial charge in [-0.25, -0.2) is 0 Å². The summed E-state index contributed by atoms with van der Waals surface area (Å²) in [6.45, 7) is 10.4. The third kappa shape index (κ3) is 7.92. The number of para-hydroxylation sites is 1. The van der Waals surface area contributed by atoms with Gasteiger partial charge in [0.25, 0.3) is 16.0 Å². The molecule has 2 aliphatic rings. The largest absolute Gasteiger partial charge is 0.497 e. The summed E-state index contributed by atoms with van der Waals surface area (Å²) < 4.78 is 37.2. The maximum absolute atomic E-state index is 13.4. The summed E-state index contributed by atoms with van der Waals surface area (Å²) >= 11 is 6.71. The third-order valence-electron chi connectivity index (χ3n) is 6.40. The van der Waals surface area contributed by atoms with Gasteiger partial charge < -0.3 is 14.5 Å². The Morgan fingerprint density at radius 2 is 1.64 bits per heavy atom. The van der Waals surface area contributed by atoms with E-state index in [0.29, 0.717) is 32.9 Å². The molecule has 0 saturated carbocycles. The molecule has 0 spiro atoms. The third-order valence-corrected chi connectivity index (χ3v) is 8.58. The Morgan fingerprint density at radius 1 is 1.00 bits per heavy atom. The summed E-state index contributed by atoms with van der Waals surface area (Å²) in [6.07, 6.45) is 3.96. The fourth-order valence-electron chi connectivity index (χ4n) is 4.25. The molecule has 2 aliphatic heterocycles. The quantitative estimate of drug-likeness (QED) is 0.234. The second-order valence-corrected chi connectivity index (χ2v) is 11.9. The standard InChI is InChI=1S/C22H20N2O5S3.C6H15N/c1-29-17-10-8-16(9-11-17)24-21(25)20(31-22(24)30)19-12-7-15-5-2-3-6-18(15)23(19)13-4-14-32(26,27)28;1-4-7(5-2)6-3/h2-3,5-12H,4,13-14H2,1H3,(H,26,27,28);4-6H2,1-3H3/b20-19+;. The van der Waals surface area contributed by atoms with Gasteiger partial charge in [0.15, 0.2) is 4.32 Å². The minimum absolute atomic E-state index is 0.198. The van der Waals surface area contributed by atoms with E-state index in [0.717, 1.165) is 11.3 Å². The van der Waals surface area contributed by atoms with Gasteiger partial charge in [-0.3, -0.25) is 14.2 Å². The van der Waals surface area contributed by atoms with Crippen LogP contribution in [0, 0.1) is 0 Å². The first-order chi connectivity index (χ1) is 18.6. The van der Waals surface area contributed by atoms with Crippen LogP contribution in [0.4, 0.5) is 11.4 Å². The first-order valence-corrected chi connectivity index (χ1v) is 15.6. The average molecular weight is 590 g/mol. The molecule has 1 amide bonds. The maximum Gasteiger partial charge on any atom is 0.272 e. The highest BCUT2D eigenvalue weighted by atomic mass is 32.2. The second-order valence-electron chi connectivity index (χ2n) is 8.72. The van der Waals surface area contributed by atoms with E-state index in [1.807, 2.05) is 41.3 Å². The number of amides is 1. The van der Waals surface area contributed by atoms with Gasteiger partial charge >= 0.3 is 0 Å². The number of carbonyl (C=O) groups is 1. The summed E-state index contributed by atoms with van der Waals surface area (Å²) in [7, 11) is -2.51. The van der Waals surface area contributed by atoms with Gasteiger partial charge in [-0.1, -0.05) is 69.0 Å². The molecule has 1 fully saturated rings. The zero-order chi connectivity index (χ0) is 28.6. The van der Waals surface area contributed by atoms with Crippen molar-refractivity contribution in [3.05, 3.63) is 70.8 Å². The van der Waals surface area contributed by atoms with Crippen LogP contribution in [0.3, 0.4) is 0 Å². The van der Waals surface area contributed by atoms with Crippen LogP contribution in [0.25, 0.3) is 6.08 Å². The number of hydrogen-bond acceptors (Lipinski definition) is 8. The highest BCUT2D eigenvalue weighted by Crippen LogP contribution is 2.41. The van der Waals surface area contributed by atoms with Gasteiger partial charge in [0.2, 0.25) is 0 Å². The Bertz CT molecular complexity index is 1330. The molecule has 0 radical (unpaired) electrons. The van der Waals surface area contributed by atoms with Gasteiger partial charge in [0.05, 0.1) is 24.2 Å². The van der Waals surface area contributed by atoms with Gasteiger partial charge in [-0.05, 0) is 68.0 Å². The Kier molecular flexibility index (Phi) is 11.1. The lowest BCUT2D eigenvalue weighted by molar-refractivity contribution is -0.113. The molecule has 0 atom stereocenters. The first-order valence-electron chi connectivity index (χ1n) is 12.8. The summed E-state index contributed by atoms with van der Waals surface area (Å²) in [6, 6.07) is 14.7. The van der Waals surface area contributed by atoms with Gasteiger partial charge in [0, 0.05) is 12.2 Å². The minimum atomic E-state index is -4.08. The molecule has 2 aromatic rings. The molecule has 0 aromatic heterocycles. The fraction of sp³-hybridized carbons (Fsp3) is 0.357. The van der Waals surface area contributed by atoms with Crippen LogP contribution >= 0.6 is 24.0 Å². The summed E-state index contributed by atoms with van der Waals surface area (Å²) in [5.74, 6) is 0.0634. The molecule has 1 N–H and O–H groups in total.